The molecule has 0 amide bonds. The summed E-state index contributed by atoms with van der Waals surface area (Å²) in [6.07, 6.45) is 0. The summed E-state index contributed by atoms with van der Waals surface area (Å²) in [6, 6.07) is 14.3. The van der Waals surface area contributed by atoms with E-state index in [0.717, 1.165) is 31.1 Å². The number of benzene rings is 2. The van der Waals surface area contributed by atoms with E-state index in [1.165, 1.54) is 0 Å². The second-order valence-electron chi connectivity index (χ2n) is 11.0. The van der Waals surface area contributed by atoms with Crippen LogP contribution in [0.5, 0.6) is 0 Å². The maximum Gasteiger partial charge on any atom is 0.159 e. The van der Waals surface area contributed by atoms with Crippen molar-refractivity contribution in [2.75, 3.05) is 33.1 Å². The zero-order chi connectivity index (χ0) is 26.8. The summed E-state index contributed by atoms with van der Waals surface area (Å²) in [5.74, 6) is 0.0715. The fraction of sp³-hybridized carbons (Fsp3) is 0.481. The normalized spacial score (nSPS) is 19.9. The molecule has 10 heteroatoms. The zero-order valence-corrected chi connectivity index (χ0v) is 22.5. The number of hydrogen-bond donors (Lipinski definition) is 0. The largest absolute Gasteiger partial charge is 0.295 e. The third-order valence-corrected chi connectivity index (χ3v) is 6.98. The van der Waals surface area contributed by atoms with Crippen molar-refractivity contribution in [2.24, 2.45) is 20.7 Å². The molecule has 0 saturated carbocycles. The van der Waals surface area contributed by atoms with Gasteiger partial charge in [-0.1, -0.05) is 10.4 Å². The van der Waals surface area contributed by atoms with Crippen molar-refractivity contribution in [1.29, 1.82) is 0 Å². The Kier molecular flexibility index (Phi) is 7.52. The van der Waals surface area contributed by atoms with Crippen LogP contribution in [0.2, 0.25) is 0 Å². The highest BCUT2D eigenvalue weighted by Gasteiger charge is 2.43. The molecule has 2 aromatic rings. The molecular weight excluding hydrogens is 468 g/mol. The molecule has 0 unspecified atom stereocenters. The molecular formula is C27H36N8O2. The van der Waals surface area contributed by atoms with Gasteiger partial charge in [-0.15, -0.1) is 10.2 Å². The molecule has 2 aliphatic rings. The first kappa shape index (κ1) is 26.6. The predicted molar refractivity (Wildman–Crippen MR) is 142 cm³/mol. The van der Waals surface area contributed by atoms with E-state index in [2.05, 4.69) is 58.2 Å². The maximum atomic E-state index is 11.5. The Hall–Kier alpha value is -3.50. The highest BCUT2D eigenvalue weighted by atomic mass is 16.1. The second-order valence-corrected chi connectivity index (χ2v) is 11.0. The smallest absolute Gasteiger partial charge is 0.159 e. The summed E-state index contributed by atoms with van der Waals surface area (Å²) in [4.78, 5) is 27.7. The molecule has 2 fully saturated rings. The first-order chi connectivity index (χ1) is 17.4. The van der Waals surface area contributed by atoms with E-state index in [4.69, 9.17) is 0 Å². The van der Waals surface area contributed by atoms with Gasteiger partial charge in [0.2, 0.25) is 0 Å². The molecule has 2 heterocycles. The summed E-state index contributed by atoms with van der Waals surface area (Å²) in [5, 5.41) is 21.6. The number of ketones is 2. The van der Waals surface area contributed by atoms with Crippen LogP contribution in [0.4, 0.5) is 11.4 Å². The highest BCUT2D eigenvalue weighted by molar-refractivity contribution is 5.94. The molecule has 0 aliphatic carbocycles. The number of carbonyl (C=O) groups excluding carboxylic acids is 2. The van der Waals surface area contributed by atoms with Crippen LogP contribution in [0.3, 0.4) is 0 Å². The summed E-state index contributed by atoms with van der Waals surface area (Å²) in [6.45, 7) is 15.6. The first-order valence-corrected chi connectivity index (χ1v) is 12.5. The molecule has 0 atom stereocenters. The Bertz CT molecular complexity index is 1090. The maximum absolute atomic E-state index is 11.5. The van der Waals surface area contributed by atoms with Crippen LogP contribution in [0.25, 0.3) is 0 Å². The molecule has 2 saturated heterocycles. The lowest BCUT2D eigenvalue weighted by molar-refractivity contribution is 0.0416. The van der Waals surface area contributed by atoms with E-state index in [1.54, 1.807) is 38.1 Å². The van der Waals surface area contributed by atoms with Gasteiger partial charge in [0.15, 0.2) is 11.6 Å². The van der Waals surface area contributed by atoms with Crippen LogP contribution < -0.4 is 0 Å². The average molecular weight is 505 g/mol. The first-order valence-electron chi connectivity index (χ1n) is 12.5. The van der Waals surface area contributed by atoms with Crippen molar-refractivity contribution >= 4 is 22.9 Å². The Morgan fingerprint density at radius 1 is 0.676 bits per heavy atom. The lowest BCUT2D eigenvalue weighted by Crippen LogP contribution is -2.51. The SMILES string of the molecule is CC(=O)c1ccc(N=NN2CN(CN3CN(N=Nc4ccc(C(C)=O)cc4)CC3(C)C)C(C)(C)C2)cc1. The molecule has 10 nitrogen and oxygen atoms in total. The van der Waals surface area contributed by atoms with Gasteiger partial charge >= 0.3 is 0 Å². The van der Waals surface area contributed by atoms with Crippen molar-refractivity contribution in [3.8, 4) is 0 Å². The van der Waals surface area contributed by atoms with Gasteiger partial charge in [0.1, 0.15) is 0 Å². The van der Waals surface area contributed by atoms with Gasteiger partial charge in [-0.05, 0) is 90.1 Å². The molecule has 4 rings (SSSR count). The van der Waals surface area contributed by atoms with Crippen molar-refractivity contribution < 1.29 is 9.59 Å². The van der Waals surface area contributed by atoms with Crippen LogP contribution in [0.15, 0.2) is 69.2 Å². The topological polar surface area (TPSA) is 96.5 Å². The van der Waals surface area contributed by atoms with Crippen LogP contribution in [-0.4, -0.2) is 75.6 Å². The van der Waals surface area contributed by atoms with Crippen molar-refractivity contribution in [1.82, 2.24) is 19.8 Å². The molecule has 0 spiro atoms. The van der Waals surface area contributed by atoms with Crippen molar-refractivity contribution in [3.63, 3.8) is 0 Å². The van der Waals surface area contributed by atoms with Gasteiger partial charge in [0.05, 0.1) is 44.5 Å². The zero-order valence-electron chi connectivity index (χ0n) is 22.5. The molecule has 2 aliphatic heterocycles. The quantitative estimate of drug-likeness (QED) is 0.350. The minimum atomic E-state index is -0.0824. The average Bonchev–Trinajstić information content (AvgIpc) is 3.30. The Morgan fingerprint density at radius 2 is 1.03 bits per heavy atom. The number of carbonyl (C=O) groups is 2. The molecule has 37 heavy (non-hydrogen) atoms. The van der Waals surface area contributed by atoms with Crippen molar-refractivity contribution in [3.05, 3.63) is 59.7 Å². The lowest BCUT2D eigenvalue weighted by Gasteiger charge is -2.37. The van der Waals surface area contributed by atoms with E-state index in [9.17, 15) is 9.59 Å². The molecule has 0 N–H and O–H groups in total. The summed E-state index contributed by atoms with van der Waals surface area (Å²) in [5.41, 5.74) is 2.61. The summed E-state index contributed by atoms with van der Waals surface area (Å²) >= 11 is 0. The monoisotopic (exact) mass is 504 g/mol. The Balaban J connectivity index is 1.36. The van der Waals surface area contributed by atoms with Crippen molar-refractivity contribution in [2.45, 2.75) is 52.6 Å². The second kappa shape index (κ2) is 10.5. The fourth-order valence-electron chi connectivity index (χ4n) is 4.52. The number of Topliss-reactive ketones (excluding diaryl/α,β-unsaturated/α-hetero) is 2. The number of nitrogens with zero attached hydrogens (tertiary/aromatic N) is 8. The van der Waals surface area contributed by atoms with Crippen LogP contribution in [0.1, 0.15) is 62.3 Å². The van der Waals surface area contributed by atoms with Gasteiger partial charge in [0.25, 0.3) is 0 Å². The summed E-state index contributed by atoms with van der Waals surface area (Å²) in [7, 11) is 0. The molecule has 0 radical (unpaired) electrons. The standard InChI is InChI=1S/C27H36N8O2/c1-20(36)22-7-11-24(12-8-22)28-30-34-15-26(3,4)32(18-34)17-33-19-35(16-27(33,5)6)31-29-25-13-9-23(10-14-25)21(2)37/h7-14H,15-19H2,1-6H3. The highest BCUT2D eigenvalue weighted by Crippen LogP contribution is 2.30. The van der Waals surface area contributed by atoms with E-state index in [0.29, 0.717) is 24.5 Å². The molecule has 0 aromatic heterocycles. The number of hydrogen-bond acceptors (Lipinski definition) is 8. The van der Waals surface area contributed by atoms with E-state index >= 15 is 0 Å². The van der Waals surface area contributed by atoms with Crippen LogP contribution >= 0.6 is 0 Å². The van der Waals surface area contributed by atoms with Crippen LogP contribution in [0, 0.1) is 0 Å². The van der Waals surface area contributed by atoms with Gasteiger partial charge in [-0.2, -0.15) is 0 Å². The van der Waals surface area contributed by atoms with E-state index in [-0.39, 0.29) is 22.6 Å². The van der Waals surface area contributed by atoms with Gasteiger partial charge in [0, 0.05) is 22.2 Å². The Labute approximate surface area is 218 Å². The third kappa shape index (κ3) is 6.44. The van der Waals surface area contributed by atoms with Gasteiger partial charge in [-0.25, -0.2) is 0 Å². The fourth-order valence-corrected chi connectivity index (χ4v) is 4.52. The molecule has 196 valence electrons. The van der Waals surface area contributed by atoms with Gasteiger partial charge in [-0.3, -0.25) is 29.4 Å². The Morgan fingerprint density at radius 3 is 1.35 bits per heavy atom. The number of rotatable bonds is 8. The summed E-state index contributed by atoms with van der Waals surface area (Å²) < 4.78 is 0. The van der Waals surface area contributed by atoms with E-state index < -0.39 is 0 Å². The minimum Gasteiger partial charge on any atom is -0.295 e. The van der Waals surface area contributed by atoms with Crippen LogP contribution in [-0.2, 0) is 0 Å². The minimum absolute atomic E-state index is 0.0358. The molecule has 0 bridgehead atoms. The third-order valence-electron chi connectivity index (χ3n) is 6.98. The molecule has 2 aromatic carbocycles. The lowest BCUT2D eigenvalue weighted by atomic mass is 10.0. The van der Waals surface area contributed by atoms with E-state index in [1.807, 2.05) is 34.3 Å². The predicted octanol–water partition coefficient (Wildman–Crippen LogP) is 5.45. The van der Waals surface area contributed by atoms with Gasteiger partial charge < -0.3 is 0 Å².